The standard InChI is InChI=1S/C44H24N2O2/c1-6-14-36-27(9-1)23-28-24-35(29-10-2-3-12-31(29)40(28)45-36)25-17-19-26(20-18-25)41-39-33-13-5-8-16-38(33)47-43(39)34-22-21-32-30-11-4-7-15-37(30)48-44(32)42(34)46-41/h1-24H. The van der Waals surface area contributed by atoms with Crippen LogP contribution in [-0.2, 0) is 0 Å². The minimum atomic E-state index is 0.776. The average molecular weight is 613 g/mol. The van der Waals surface area contributed by atoms with Crippen molar-refractivity contribution in [3.63, 3.8) is 0 Å². The Labute approximate surface area is 273 Å². The first kappa shape index (κ1) is 25.6. The Morgan fingerprint density at radius 2 is 1.04 bits per heavy atom. The first-order valence-corrected chi connectivity index (χ1v) is 16.2. The summed E-state index contributed by atoms with van der Waals surface area (Å²) in [6.07, 6.45) is 0. The zero-order valence-corrected chi connectivity index (χ0v) is 25.6. The fourth-order valence-corrected chi connectivity index (χ4v) is 7.58. The number of rotatable bonds is 2. The monoisotopic (exact) mass is 612 g/mol. The van der Waals surface area contributed by atoms with Crippen molar-refractivity contribution in [1.29, 1.82) is 0 Å². The molecule has 48 heavy (non-hydrogen) atoms. The van der Waals surface area contributed by atoms with E-state index in [4.69, 9.17) is 18.8 Å². The van der Waals surface area contributed by atoms with E-state index >= 15 is 0 Å². The van der Waals surface area contributed by atoms with E-state index in [2.05, 4.69) is 109 Å². The largest absolute Gasteiger partial charge is 0.455 e. The molecule has 0 saturated heterocycles. The Kier molecular flexibility index (Phi) is 5.08. The molecule has 0 saturated carbocycles. The van der Waals surface area contributed by atoms with Gasteiger partial charge >= 0.3 is 0 Å². The van der Waals surface area contributed by atoms with Gasteiger partial charge in [-0.25, -0.2) is 9.97 Å². The Balaban J connectivity index is 1.16. The lowest BCUT2D eigenvalue weighted by atomic mass is 9.93. The third kappa shape index (κ3) is 3.54. The summed E-state index contributed by atoms with van der Waals surface area (Å²) in [7, 11) is 0. The number of hydrogen-bond acceptors (Lipinski definition) is 4. The van der Waals surface area contributed by atoms with E-state index in [1.165, 1.54) is 10.9 Å². The van der Waals surface area contributed by atoms with Gasteiger partial charge in [0.15, 0.2) is 5.58 Å². The molecule has 0 N–H and O–H groups in total. The highest BCUT2D eigenvalue weighted by atomic mass is 16.3. The van der Waals surface area contributed by atoms with E-state index in [0.29, 0.717) is 0 Å². The molecule has 0 radical (unpaired) electrons. The summed E-state index contributed by atoms with van der Waals surface area (Å²) in [5, 5.41) is 9.73. The van der Waals surface area contributed by atoms with E-state index in [1.54, 1.807) is 0 Å². The van der Waals surface area contributed by atoms with Crippen molar-refractivity contribution in [2.75, 3.05) is 0 Å². The van der Waals surface area contributed by atoms with Crippen molar-refractivity contribution in [3.8, 4) is 22.4 Å². The van der Waals surface area contributed by atoms with E-state index in [9.17, 15) is 0 Å². The van der Waals surface area contributed by atoms with Gasteiger partial charge in [-0.3, -0.25) is 0 Å². The Morgan fingerprint density at radius 1 is 0.396 bits per heavy atom. The van der Waals surface area contributed by atoms with Crippen LogP contribution in [0.25, 0.3) is 110 Å². The molecule has 0 fully saturated rings. The van der Waals surface area contributed by atoms with Crippen LogP contribution in [-0.4, -0.2) is 9.97 Å². The number of pyridine rings is 2. The van der Waals surface area contributed by atoms with Gasteiger partial charge in [0.1, 0.15) is 22.3 Å². The lowest BCUT2D eigenvalue weighted by Gasteiger charge is -2.12. The summed E-state index contributed by atoms with van der Waals surface area (Å²) in [6.45, 7) is 0. The molecule has 0 amide bonds. The number of nitrogens with zero attached hydrogens (tertiary/aromatic N) is 2. The zero-order valence-electron chi connectivity index (χ0n) is 25.6. The molecule has 0 aliphatic heterocycles. The second-order valence-corrected chi connectivity index (χ2v) is 12.5. The molecule has 4 heteroatoms. The topological polar surface area (TPSA) is 52.1 Å². The summed E-state index contributed by atoms with van der Waals surface area (Å²) < 4.78 is 13.0. The lowest BCUT2D eigenvalue weighted by Crippen LogP contribution is -1.90. The number of para-hydroxylation sites is 3. The van der Waals surface area contributed by atoms with Crippen LogP contribution in [0.2, 0.25) is 0 Å². The van der Waals surface area contributed by atoms with Gasteiger partial charge < -0.3 is 8.83 Å². The van der Waals surface area contributed by atoms with Gasteiger partial charge in [0, 0.05) is 43.3 Å². The number of hydrogen-bond donors (Lipinski definition) is 0. The molecule has 4 aromatic heterocycles. The molecule has 4 nitrogen and oxygen atoms in total. The molecule has 0 aliphatic carbocycles. The molecule has 222 valence electrons. The maximum Gasteiger partial charge on any atom is 0.161 e. The van der Waals surface area contributed by atoms with Crippen molar-refractivity contribution in [3.05, 3.63) is 146 Å². The van der Waals surface area contributed by atoms with Crippen LogP contribution in [0.4, 0.5) is 0 Å². The van der Waals surface area contributed by atoms with Crippen LogP contribution in [0.3, 0.4) is 0 Å². The molecular weight excluding hydrogens is 588 g/mol. The molecule has 7 aromatic carbocycles. The Hall–Kier alpha value is -6.52. The summed E-state index contributed by atoms with van der Waals surface area (Å²) in [5.41, 5.74) is 10.3. The van der Waals surface area contributed by atoms with Crippen LogP contribution >= 0.6 is 0 Å². The minimum absolute atomic E-state index is 0.776. The smallest absolute Gasteiger partial charge is 0.161 e. The third-order valence-corrected chi connectivity index (χ3v) is 9.82. The first-order valence-electron chi connectivity index (χ1n) is 16.2. The fraction of sp³-hybridized carbons (Fsp3) is 0. The van der Waals surface area contributed by atoms with Crippen LogP contribution in [0.5, 0.6) is 0 Å². The van der Waals surface area contributed by atoms with Crippen molar-refractivity contribution >= 4 is 87.4 Å². The van der Waals surface area contributed by atoms with Crippen molar-refractivity contribution < 1.29 is 8.83 Å². The number of furan rings is 2. The van der Waals surface area contributed by atoms with Gasteiger partial charge in [-0.1, -0.05) is 103 Å². The highest BCUT2D eigenvalue weighted by molar-refractivity contribution is 6.24. The maximum atomic E-state index is 6.58. The van der Waals surface area contributed by atoms with Gasteiger partial charge in [-0.05, 0) is 59.0 Å². The molecule has 0 atom stereocenters. The van der Waals surface area contributed by atoms with Gasteiger partial charge in [-0.2, -0.15) is 0 Å². The van der Waals surface area contributed by atoms with Crippen LogP contribution < -0.4 is 0 Å². The van der Waals surface area contributed by atoms with Crippen molar-refractivity contribution in [1.82, 2.24) is 9.97 Å². The van der Waals surface area contributed by atoms with E-state index in [0.717, 1.165) is 98.8 Å². The predicted octanol–water partition coefficient (Wildman–Crippen LogP) is 12.2. The average Bonchev–Trinajstić information content (AvgIpc) is 3.73. The molecule has 11 rings (SSSR count). The highest BCUT2D eigenvalue weighted by Crippen LogP contribution is 2.43. The molecule has 0 bridgehead atoms. The van der Waals surface area contributed by atoms with Gasteiger partial charge in [0.25, 0.3) is 0 Å². The summed E-state index contributed by atoms with van der Waals surface area (Å²) in [4.78, 5) is 10.5. The normalized spacial score (nSPS) is 12.2. The number of fused-ring (bicyclic) bond motifs is 13. The second kappa shape index (κ2) is 9.50. The third-order valence-electron chi connectivity index (χ3n) is 9.82. The van der Waals surface area contributed by atoms with Gasteiger partial charge in [0.05, 0.1) is 22.1 Å². The van der Waals surface area contributed by atoms with E-state index < -0.39 is 0 Å². The zero-order chi connectivity index (χ0) is 31.3. The Bertz CT molecular complexity index is 3110. The lowest BCUT2D eigenvalue weighted by molar-refractivity contribution is 0.668. The quantitative estimate of drug-likeness (QED) is 0.144. The molecule has 0 unspecified atom stereocenters. The first-order chi connectivity index (χ1) is 23.8. The predicted molar refractivity (Wildman–Crippen MR) is 197 cm³/mol. The second-order valence-electron chi connectivity index (χ2n) is 12.5. The van der Waals surface area contributed by atoms with E-state index in [-0.39, 0.29) is 0 Å². The van der Waals surface area contributed by atoms with Crippen molar-refractivity contribution in [2.45, 2.75) is 0 Å². The highest BCUT2D eigenvalue weighted by Gasteiger charge is 2.21. The van der Waals surface area contributed by atoms with Crippen LogP contribution in [0.1, 0.15) is 0 Å². The summed E-state index contributed by atoms with van der Waals surface area (Å²) in [5.74, 6) is 0. The molecule has 11 aromatic rings. The summed E-state index contributed by atoms with van der Waals surface area (Å²) in [6, 6.07) is 50.8. The summed E-state index contributed by atoms with van der Waals surface area (Å²) >= 11 is 0. The molecule has 0 aliphatic rings. The van der Waals surface area contributed by atoms with Crippen molar-refractivity contribution in [2.24, 2.45) is 0 Å². The minimum Gasteiger partial charge on any atom is -0.455 e. The Morgan fingerprint density at radius 3 is 1.90 bits per heavy atom. The maximum absolute atomic E-state index is 6.58. The van der Waals surface area contributed by atoms with Crippen LogP contribution in [0, 0.1) is 0 Å². The van der Waals surface area contributed by atoms with Gasteiger partial charge in [-0.15, -0.1) is 0 Å². The van der Waals surface area contributed by atoms with Crippen LogP contribution in [0.15, 0.2) is 154 Å². The fourth-order valence-electron chi connectivity index (χ4n) is 7.58. The molecule has 4 heterocycles. The SMILES string of the molecule is c1ccc2nc3c(cc(-c4ccc(-c5nc6c(ccc7c8ccccc8oc76)c6oc7ccccc7c56)cc4)c4ccccc43)cc2c1. The number of aromatic nitrogens is 2. The molecular formula is C44H24N2O2. The van der Waals surface area contributed by atoms with E-state index in [1.807, 2.05) is 36.4 Å². The molecule has 0 spiro atoms. The number of benzene rings is 7. The van der Waals surface area contributed by atoms with Gasteiger partial charge in [0.2, 0.25) is 0 Å².